The van der Waals surface area contributed by atoms with Crippen LogP contribution in [-0.4, -0.2) is 20.5 Å². The number of hydrogen-bond donors (Lipinski definition) is 1. The molecule has 1 N–H and O–H groups in total. The minimum atomic E-state index is -0.996. The van der Waals surface area contributed by atoms with Crippen molar-refractivity contribution in [3.05, 3.63) is 59.4 Å². The number of aromatic nitrogens is 2. The van der Waals surface area contributed by atoms with E-state index in [1.807, 2.05) is 25.3 Å². The molecule has 1 aromatic carbocycles. The first-order chi connectivity index (χ1) is 11.6. The molecule has 118 valence electrons. The number of rotatable bonds is 4. The number of nitrogens with zero attached hydrogens (tertiary/aromatic N) is 5. The maximum absolute atomic E-state index is 11.1. The first-order valence-corrected chi connectivity index (χ1v) is 7.18. The zero-order valence-electron chi connectivity index (χ0n) is 12.8. The standard InChI is InChI=1S/C17H13N5O2/c1-11-6-7-15-19-14(8-16(23)24)17(22(15)10-11)21-20-13-5-3-2-4-12(13)9-18/h2-7,10H,8H2,1H3,(H,23,24). The van der Waals surface area contributed by atoms with Gasteiger partial charge < -0.3 is 5.11 Å². The highest BCUT2D eigenvalue weighted by atomic mass is 16.4. The Hall–Kier alpha value is -3.53. The van der Waals surface area contributed by atoms with Crippen LogP contribution in [0.3, 0.4) is 0 Å². The summed E-state index contributed by atoms with van der Waals surface area (Å²) in [5.41, 5.74) is 2.72. The quantitative estimate of drug-likeness (QED) is 0.742. The van der Waals surface area contributed by atoms with E-state index in [1.165, 1.54) is 0 Å². The molecule has 3 aromatic rings. The molecule has 3 rings (SSSR count). The van der Waals surface area contributed by atoms with Crippen LogP contribution in [0.4, 0.5) is 11.5 Å². The first kappa shape index (κ1) is 15.4. The third-order valence-electron chi connectivity index (χ3n) is 3.41. The second-order valence-electron chi connectivity index (χ2n) is 5.22. The Kier molecular flexibility index (Phi) is 4.03. The van der Waals surface area contributed by atoms with Crippen molar-refractivity contribution in [3.8, 4) is 6.07 Å². The SMILES string of the molecule is Cc1ccc2nc(CC(=O)O)c(N=Nc3ccccc3C#N)n2c1. The maximum Gasteiger partial charge on any atom is 0.309 e. The molecule has 0 saturated heterocycles. The summed E-state index contributed by atoms with van der Waals surface area (Å²) in [7, 11) is 0. The number of aliphatic carboxylic acids is 1. The largest absolute Gasteiger partial charge is 0.481 e. The minimum absolute atomic E-state index is 0.255. The molecule has 0 bridgehead atoms. The van der Waals surface area contributed by atoms with Crippen LogP contribution >= 0.6 is 0 Å². The fourth-order valence-electron chi connectivity index (χ4n) is 2.31. The van der Waals surface area contributed by atoms with Crippen molar-refractivity contribution in [2.75, 3.05) is 0 Å². The Morgan fingerprint density at radius 2 is 2.08 bits per heavy atom. The molecule has 0 amide bonds. The topological polar surface area (TPSA) is 103 Å². The molecule has 24 heavy (non-hydrogen) atoms. The summed E-state index contributed by atoms with van der Waals surface area (Å²) >= 11 is 0. The third-order valence-corrected chi connectivity index (χ3v) is 3.41. The highest BCUT2D eigenvalue weighted by Crippen LogP contribution is 2.26. The lowest BCUT2D eigenvalue weighted by atomic mass is 10.2. The summed E-state index contributed by atoms with van der Waals surface area (Å²) in [6.45, 7) is 1.92. The summed E-state index contributed by atoms with van der Waals surface area (Å²) in [6.07, 6.45) is 1.56. The van der Waals surface area contributed by atoms with Crippen LogP contribution in [-0.2, 0) is 11.2 Å². The summed E-state index contributed by atoms with van der Waals surface area (Å²) in [6, 6.07) is 12.5. The molecule has 0 aliphatic carbocycles. The van der Waals surface area contributed by atoms with E-state index in [1.54, 1.807) is 34.7 Å². The van der Waals surface area contributed by atoms with Gasteiger partial charge in [0.1, 0.15) is 17.4 Å². The van der Waals surface area contributed by atoms with Crippen molar-refractivity contribution in [1.29, 1.82) is 5.26 Å². The Balaban J connectivity index is 2.13. The Bertz CT molecular complexity index is 998. The monoisotopic (exact) mass is 319 g/mol. The van der Waals surface area contributed by atoms with Gasteiger partial charge in [-0.15, -0.1) is 10.2 Å². The van der Waals surface area contributed by atoms with Gasteiger partial charge >= 0.3 is 5.97 Å². The molecule has 0 fully saturated rings. The molecule has 0 aliphatic heterocycles. The van der Waals surface area contributed by atoms with Crippen LogP contribution in [0.25, 0.3) is 5.65 Å². The number of carboxylic acids is 1. The number of hydrogen-bond acceptors (Lipinski definition) is 5. The van der Waals surface area contributed by atoms with E-state index in [4.69, 9.17) is 10.4 Å². The van der Waals surface area contributed by atoms with E-state index < -0.39 is 5.97 Å². The normalized spacial score (nSPS) is 11.0. The van der Waals surface area contributed by atoms with Crippen molar-refractivity contribution in [2.24, 2.45) is 10.2 Å². The number of nitriles is 1. The molecular weight excluding hydrogens is 306 g/mol. The van der Waals surface area contributed by atoms with Gasteiger partial charge in [-0.3, -0.25) is 9.20 Å². The molecule has 2 heterocycles. The Morgan fingerprint density at radius 3 is 2.83 bits per heavy atom. The summed E-state index contributed by atoms with van der Waals surface area (Å²) in [5.74, 6) is -0.646. The molecular formula is C17H13N5O2. The van der Waals surface area contributed by atoms with E-state index in [-0.39, 0.29) is 6.42 Å². The lowest BCUT2D eigenvalue weighted by Gasteiger charge is -1.99. The van der Waals surface area contributed by atoms with Gasteiger partial charge in [-0.05, 0) is 30.7 Å². The van der Waals surface area contributed by atoms with E-state index in [9.17, 15) is 4.79 Å². The highest BCUT2D eigenvalue weighted by molar-refractivity contribution is 5.72. The molecule has 7 nitrogen and oxygen atoms in total. The molecule has 0 aliphatic rings. The smallest absolute Gasteiger partial charge is 0.309 e. The van der Waals surface area contributed by atoms with Crippen molar-refractivity contribution in [2.45, 2.75) is 13.3 Å². The summed E-state index contributed by atoms with van der Waals surface area (Å²) in [5, 5.41) is 26.5. The lowest BCUT2D eigenvalue weighted by molar-refractivity contribution is -0.136. The molecule has 0 radical (unpaired) electrons. The van der Waals surface area contributed by atoms with Crippen LogP contribution in [0.1, 0.15) is 16.8 Å². The van der Waals surface area contributed by atoms with E-state index in [0.717, 1.165) is 5.56 Å². The van der Waals surface area contributed by atoms with Crippen LogP contribution in [0.15, 0.2) is 52.8 Å². The summed E-state index contributed by atoms with van der Waals surface area (Å²) in [4.78, 5) is 15.4. The molecule has 2 aromatic heterocycles. The number of carboxylic acid groups (broad SMARTS) is 1. The number of azo groups is 1. The average Bonchev–Trinajstić information content (AvgIpc) is 2.89. The molecule has 7 heteroatoms. The van der Waals surface area contributed by atoms with Crippen molar-refractivity contribution in [1.82, 2.24) is 9.38 Å². The van der Waals surface area contributed by atoms with E-state index in [0.29, 0.717) is 28.4 Å². The number of aryl methyl sites for hydroxylation is 1. The van der Waals surface area contributed by atoms with Gasteiger partial charge in [0.15, 0.2) is 5.82 Å². The van der Waals surface area contributed by atoms with Crippen LogP contribution in [0.2, 0.25) is 0 Å². The second-order valence-corrected chi connectivity index (χ2v) is 5.22. The number of pyridine rings is 1. The summed E-state index contributed by atoms with van der Waals surface area (Å²) < 4.78 is 1.70. The molecule has 0 saturated carbocycles. The predicted octanol–water partition coefficient (Wildman–Crippen LogP) is 3.56. The highest BCUT2D eigenvalue weighted by Gasteiger charge is 2.15. The van der Waals surface area contributed by atoms with Crippen molar-refractivity contribution in [3.63, 3.8) is 0 Å². The number of carbonyl (C=O) groups is 1. The first-order valence-electron chi connectivity index (χ1n) is 7.18. The van der Waals surface area contributed by atoms with Crippen LogP contribution in [0, 0.1) is 18.3 Å². The number of imidazole rings is 1. The Morgan fingerprint density at radius 1 is 1.29 bits per heavy atom. The number of fused-ring (bicyclic) bond motifs is 1. The molecule has 0 unspecified atom stereocenters. The molecule has 0 spiro atoms. The molecule has 0 atom stereocenters. The van der Waals surface area contributed by atoms with Gasteiger partial charge in [-0.2, -0.15) is 5.26 Å². The van der Waals surface area contributed by atoms with Crippen LogP contribution < -0.4 is 0 Å². The zero-order chi connectivity index (χ0) is 17.1. The Labute approximate surface area is 137 Å². The fourth-order valence-corrected chi connectivity index (χ4v) is 2.31. The maximum atomic E-state index is 11.1. The predicted molar refractivity (Wildman–Crippen MR) is 86.6 cm³/mol. The van der Waals surface area contributed by atoms with Gasteiger partial charge in [0, 0.05) is 6.20 Å². The zero-order valence-corrected chi connectivity index (χ0v) is 12.8. The van der Waals surface area contributed by atoms with Gasteiger partial charge in [-0.25, -0.2) is 4.98 Å². The van der Waals surface area contributed by atoms with E-state index in [2.05, 4.69) is 15.2 Å². The minimum Gasteiger partial charge on any atom is -0.481 e. The van der Waals surface area contributed by atoms with Gasteiger partial charge in [0.05, 0.1) is 17.7 Å². The van der Waals surface area contributed by atoms with E-state index >= 15 is 0 Å². The second kappa shape index (κ2) is 6.30. The van der Waals surface area contributed by atoms with Crippen molar-refractivity contribution >= 4 is 23.1 Å². The van der Waals surface area contributed by atoms with Gasteiger partial charge in [0.25, 0.3) is 0 Å². The fraction of sp³-hybridized carbons (Fsp3) is 0.118. The third kappa shape index (κ3) is 2.98. The van der Waals surface area contributed by atoms with Gasteiger partial charge in [0.2, 0.25) is 0 Å². The van der Waals surface area contributed by atoms with Crippen molar-refractivity contribution < 1.29 is 9.90 Å². The van der Waals surface area contributed by atoms with Gasteiger partial charge in [-0.1, -0.05) is 18.2 Å². The number of benzene rings is 1. The average molecular weight is 319 g/mol. The van der Waals surface area contributed by atoms with Crippen LogP contribution in [0.5, 0.6) is 0 Å². The lowest BCUT2D eigenvalue weighted by Crippen LogP contribution is -2.00.